The summed E-state index contributed by atoms with van der Waals surface area (Å²) in [6.07, 6.45) is 3.01. The lowest BCUT2D eigenvalue weighted by Crippen LogP contribution is -2.51. The second kappa shape index (κ2) is 8.53. The van der Waals surface area contributed by atoms with Crippen LogP contribution in [0.5, 0.6) is 0 Å². The summed E-state index contributed by atoms with van der Waals surface area (Å²) in [5, 5.41) is 12.3. The smallest absolute Gasteiger partial charge is 0.323 e. The number of aliphatic carboxylic acids is 1. The Bertz CT molecular complexity index is 197. The maximum Gasteiger partial charge on any atom is 0.323 e. The van der Waals surface area contributed by atoms with Crippen LogP contribution >= 0.6 is 0 Å². The van der Waals surface area contributed by atoms with E-state index in [9.17, 15) is 9.90 Å². The van der Waals surface area contributed by atoms with Crippen molar-refractivity contribution in [2.45, 2.75) is 52.0 Å². The fraction of sp³-hybridized carbons (Fsp3) is 0.917. The van der Waals surface area contributed by atoms with Gasteiger partial charge < -0.3 is 15.2 Å². The summed E-state index contributed by atoms with van der Waals surface area (Å²) in [6, 6.07) is 0. The molecule has 2 N–H and O–H groups in total. The number of nitrogens with one attached hydrogen (secondary N) is 1. The topological polar surface area (TPSA) is 58.6 Å². The Kier molecular flexibility index (Phi) is 8.21. The molecule has 0 aromatic carbocycles. The summed E-state index contributed by atoms with van der Waals surface area (Å²) >= 11 is 0. The minimum Gasteiger partial charge on any atom is -0.480 e. The first-order chi connectivity index (χ1) is 7.63. The van der Waals surface area contributed by atoms with Crippen LogP contribution in [0.1, 0.15) is 46.5 Å². The second-order valence-electron chi connectivity index (χ2n) is 3.99. The number of hydrogen-bond donors (Lipinski definition) is 2. The minimum absolute atomic E-state index is 0.601. The highest BCUT2D eigenvalue weighted by Crippen LogP contribution is 2.18. The third-order valence-electron chi connectivity index (χ3n) is 2.77. The molecular weight excluding hydrogens is 206 g/mol. The molecule has 0 aromatic heterocycles. The number of carboxylic acid groups (broad SMARTS) is 1. The Balaban J connectivity index is 4.05. The molecule has 4 heteroatoms. The van der Waals surface area contributed by atoms with Gasteiger partial charge in [0.1, 0.15) is 5.54 Å². The average Bonchev–Trinajstić information content (AvgIpc) is 2.27. The van der Waals surface area contributed by atoms with E-state index in [2.05, 4.69) is 12.2 Å². The Morgan fingerprint density at radius 2 is 2.00 bits per heavy atom. The molecule has 0 aliphatic rings. The van der Waals surface area contributed by atoms with E-state index < -0.39 is 11.5 Å². The quantitative estimate of drug-likeness (QED) is 0.565. The SMILES string of the molecule is CCCOCCCC(CC)(NCC)C(=O)O. The standard InChI is InChI=1S/C12H25NO3/c1-4-9-16-10-7-8-12(5-2,11(14)15)13-6-3/h13H,4-10H2,1-3H3,(H,14,15). The number of carboxylic acids is 1. The van der Waals surface area contributed by atoms with E-state index in [0.29, 0.717) is 26.0 Å². The largest absolute Gasteiger partial charge is 0.480 e. The van der Waals surface area contributed by atoms with Gasteiger partial charge in [0.25, 0.3) is 0 Å². The molecule has 0 aliphatic carbocycles. The van der Waals surface area contributed by atoms with Crippen LogP contribution < -0.4 is 5.32 Å². The maximum atomic E-state index is 11.3. The van der Waals surface area contributed by atoms with Gasteiger partial charge in [0.15, 0.2) is 0 Å². The van der Waals surface area contributed by atoms with Gasteiger partial charge in [-0.25, -0.2) is 0 Å². The zero-order valence-corrected chi connectivity index (χ0v) is 10.7. The van der Waals surface area contributed by atoms with Gasteiger partial charge in [-0.15, -0.1) is 0 Å². The molecule has 0 heterocycles. The van der Waals surface area contributed by atoms with Crippen molar-refractivity contribution < 1.29 is 14.6 Å². The first kappa shape index (κ1) is 15.4. The number of likely N-dealkylation sites (N-methyl/N-ethyl adjacent to an activating group) is 1. The van der Waals surface area contributed by atoms with Gasteiger partial charge in [-0.3, -0.25) is 4.79 Å². The van der Waals surface area contributed by atoms with E-state index in [1.165, 1.54) is 0 Å². The van der Waals surface area contributed by atoms with Gasteiger partial charge in [0.2, 0.25) is 0 Å². The van der Waals surface area contributed by atoms with Crippen LogP contribution in [0.4, 0.5) is 0 Å². The van der Waals surface area contributed by atoms with E-state index in [1.54, 1.807) is 0 Å². The molecule has 0 aliphatic heterocycles. The van der Waals surface area contributed by atoms with Gasteiger partial charge in [-0.05, 0) is 32.2 Å². The zero-order chi connectivity index (χ0) is 12.4. The Morgan fingerprint density at radius 1 is 1.31 bits per heavy atom. The fourth-order valence-electron chi connectivity index (χ4n) is 1.78. The molecule has 0 saturated heterocycles. The van der Waals surface area contributed by atoms with Crippen molar-refractivity contribution in [3.05, 3.63) is 0 Å². The predicted molar refractivity (Wildman–Crippen MR) is 64.7 cm³/mol. The van der Waals surface area contributed by atoms with E-state index in [-0.39, 0.29) is 0 Å². The second-order valence-corrected chi connectivity index (χ2v) is 3.99. The first-order valence-electron chi connectivity index (χ1n) is 6.19. The molecule has 0 fully saturated rings. The summed E-state index contributed by atoms with van der Waals surface area (Å²) in [5.74, 6) is -0.757. The van der Waals surface area contributed by atoms with Crippen LogP contribution in [-0.2, 0) is 9.53 Å². The van der Waals surface area contributed by atoms with Crippen molar-refractivity contribution in [2.75, 3.05) is 19.8 Å². The molecular formula is C12H25NO3. The summed E-state index contributed by atoms with van der Waals surface area (Å²) in [4.78, 5) is 11.3. The van der Waals surface area contributed by atoms with Crippen molar-refractivity contribution in [3.63, 3.8) is 0 Å². The average molecular weight is 231 g/mol. The van der Waals surface area contributed by atoms with Crippen LogP contribution in [0.2, 0.25) is 0 Å². The van der Waals surface area contributed by atoms with E-state index >= 15 is 0 Å². The molecule has 16 heavy (non-hydrogen) atoms. The molecule has 0 aromatic rings. The number of hydrogen-bond acceptors (Lipinski definition) is 3. The van der Waals surface area contributed by atoms with Gasteiger partial charge in [-0.2, -0.15) is 0 Å². The van der Waals surface area contributed by atoms with Crippen molar-refractivity contribution in [1.29, 1.82) is 0 Å². The van der Waals surface area contributed by atoms with Crippen LogP contribution in [0.3, 0.4) is 0 Å². The molecule has 1 unspecified atom stereocenters. The lowest BCUT2D eigenvalue weighted by molar-refractivity contribution is -0.145. The molecule has 0 amide bonds. The van der Waals surface area contributed by atoms with Crippen LogP contribution in [0.15, 0.2) is 0 Å². The highest BCUT2D eigenvalue weighted by molar-refractivity contribution is 5.78. The lowest BCUT2D eigenvalue weighted by Gasteiger charge is -2.29. The molecule has 1 atom stereocenters. The molecule has 0 rings (SSSR count). The lowest BCUT2D eigenvalue weighted by atomic mass is 9.90. The summed E-state index contributed by atoms with van der Waals surface area (Å²) < 4.78 is 5.36. The predicted octanol–water partition coefficient (Wildman–Crippen LogP) is 2.04. The van der Waals surface area contributed by atoms with Crippen molar-refractivity contribution in [1.82, 2.24) is 5.32 Å². The van der Waals surface area contributed by atoms with Gasteiger partial charge in [-0.1, -0.05) is 20.8 Å². The monoisotopic (exact) mass is 231 g/mol. The Morgan fingerprint density at radius 3 is 2.44 bits per heavy atom. The molecule has 4 nitrogen and oxygen atoms in total. The maximum absolute atomic E-state index is 11.3. The number of carbonyl (C=O) groups is 1. The summed E-state index contributed by atoms with van der Waals surface area (Å²) in [7, 11) is 0. The highest BCUT2D eigenvalue weighted by atomic mass is 16.5. The van der Waals surface area contributed by atoms with Crippen molar-refractivity contribution in [2.24, 2.45) is 0 Å². The highest BCUT2D eigenvalue weighted by Gasteiger charge is 2.34. The van der Waals surface area contributed by atoms with Gasteiger partial charge in [0, 0.05) is 13.2 Å². The number of rotatable bonds is 10. The third kappa shape index (κ3) is 4.94. The molecule has 0 bridgehead atoms. The summed E-state index contributed by atoms with van der Waals surface area (Å²) in [6.45, 7) is 7.98. The van der Waals surface area contributed by atoms with Crippen LogP contribution in [0, 0.1) is 0 Å². The van der Waals surface area contributed by atoms with Gasteiger partial charge >= 0.3 is 5.97 Å². The molecule has 0 spiro atoms. The molecule has 0 radical (unpaired) electrons. The summed E-state index contributed by atoms with van der Waals surface area (Å²) in [5.41, 5.74) is -0.773. The number of ether oxygens (including phenoxy) is 1. The normalized spacial score (nSPS) is 14.7. The van der Waals surface area contributed by atoms with E-state index in [1.807, 2.05) is 13.8 Å². The van der Waals surface area contributed by atoms with Crippen molar-refractivity contribution in [3.8, 4) is 0 Å². The third-order valence-corrected chi connectivity index (χ3v) is 2.77. The van der Waals surface area contributed by atoms with Gasteiger partial charge in [0.05, 0.1) is 0 Å². The Hall–Kier alpha value is -0.610. The Labute approximate surface area is 98.4 Å². The van der Waals surface area contributed by atoms with E-state index in [0.717, 1.165) is 19.4 Å². The van der Waals surface area contributed by atoms with E-state index in [4.69, 9.17) is 4.74 Å². The zero-order valence-electron chi connectivity index (χ0n) is 10.7. The first-order valence-corrected chi connectivity index (χ1v) is 6.19. The minimum atomic E-state index is -0.773. The fourth-order valence-corrected chi connectivity index (χ4v) is 1.78. The van der Waals surface area contributed by atoms with Crippen LogP contribution in [-0.4, -0.2) is 36.4 Å². The molecule has 0 saturated carbocycles. The molecule has 96 valence electrons. The van der Waals surface area contributed by atoms with Crippen LogP contribution in [0.25, 0.3) is 0 Å². The van der Waals surface area contributed by atoms with Crippen molar-refractivity contribution >= 4 is 5.97 Å².